The Hall–Kier alpha value is -2.82. The zero-order chi connectivity index (χ0) is 21.4. The lowest BCUT2D eigenvalue weighted by molar-refractivity contribution is -0.122. The predicted molar refractivity (Wildman–Crippen MR) is 119 cm³/mol. The summed E-state index contributed by atoms with van der Waals surface area (Å²) in [4.78, 5) is 27.5. The average molecular weight is 419 g/mol. The average Bonchev–Trinajstić information content (AvgIpc) is 3.57. The van der Waals surface area contributed by atoms with Gasteiger partial charge in [0, 0.05) is 49.9 Å². The second-order valence-corrected chi connectivity index (χ2v) is 9.43. The van der Waals surface area contributed by atoms with Gasteiger partial charge >= 0.3 is 0 Å². The van der Waals surface area contributed by atoms with Gasteiger partial charge in [0.15, 0.2) is 0 Å². The van der Waals surface area contributed by atoms with Gasteiger partial charge < -0.3 is 15.0 Å². The van der Waals surface area contributed by atoms with Crippen LogP contribution in [0.1, 0.15) is 65.9 Å². The molecule has 1 saturated carbocycles. The summed E-state index contributed by atoms with van der Waals surface area (Å²) in [7, 11) is 0. The number of benzene rings is 2. The molecule has 0 unspecified atom stereocenters. The molecule has 0 bridgehead atoms. The SMILES string of the molecule is Cc1cccc(C(=O)N2CCC3(CC2)C[C@H](CC(=O)NC2CC2)c2ccccc2O3)c1. The minimum Gasteiger partial charge on any atom is -0.487 e. The number of rotatable bonds is 4. The smallest absolute Gasteiger partial charge is 0.253 e. The van der Waals surface area contributed by atoms with E-state index < -0.39 is 0 Å². The molecule has 0 radical (unpaired) electrons. The lowest BCUT2D eigenvalue weighted by Gasteiger charge is -2.47. The summed E-state index contributed by atoms with van der Waals surface area (Å²) in [6.07, 6.45) is 5.12. The molecule has 2 fully saturated rings. The van der Waals surface area contributed by atoms with Crippen molar-refractivity contribution in [1.29, 1.82) is 0 Å². The van der Waals surface area contributed by atoms with Gasteiger partial charge in [-0.2, -0.15) is 0 Å². The Morgan fingerprint density at radius 1 is 1.10 bits per heavy atom. The summed E-state index contributed by atoms with van der Waals surface area (Å²) in [5.74, 6) is 1.29. The van der Waals surface area contributed by atoms with Crippen LogP contribution in [0.3, 0.4) is 0 Å². The highest BCUT2D eigenvalue weighted by molar-refractivity contribution is 5.94. The highest BCUT2D eigenvalue weighted by atomic mass is 16.5. The van der Waals surface area contributed by atoms with Crippen LogP contribution in [0.15, 0.2) is 48.5 Å². The molecule has 1 saturated heterocycles. The normalized spacial score (nSPS) is 21.8. The minimum absolute atomic E-state index is 0.0927. The van der Waals surface area contributed by atoms with Crippen molar-refractivity contribution < 1.29 is 14.3 Å². The molecule has 5 nitrogen and oxygen atoms in total. The fraction of sp³-hybridized carbons (Fsp3) is 0.462. The van der Waals surface area contributed by atoms with Crippen LogP contribution < -0.4 is 10.1 Å². The zero-order valence-corrected chi connectivity index (χ0v) is 18.1. The fourth-order valence-corrected chi connectivity index (χ4v) is 5.05. The molecule has 1 N–H and O–H groups in total. The van der Waals surface area contributed by atoms with Gasteiger partial charge in [-0.1, -0.05) is 35.9 Å². The largest absolute Gasteiger partial charge is 0.487 e. The number of piperidine rings is 1. The van der Waals surface area contributed by atoms with E-state index in [1.165, 1.54) is 0 Å². The third-order valence-electron chi connectivity index (χ3n) is 6.90. The van der Waals surface area contributed by atoms with E-state index in [0.717, 1.165) is 54.5 Å². The van der Waals surface area contributed by atoms with E-state index in [0.29, 0.717) is 25.6 Å². The maximum Gasteiger partial charge on any atom is 0.253 e. The molecule has 5 rings (SSSR count). The Morgan fingerprint density at radius 3 is 2.61 bits per heavy atom. The molecule has 2 aromatic carbocycles. The Morgan fingerprint density at radius 2 is 1.87 bits per heavy atom. The first-order valence-electron chi connectivity index (χ1n) is 11.4. The number of carbonyl (C=O) groups excluding carboxylic acids is 2. The van der Waals surface area contributed by atoms with Crippen LogP contribution in [0, 0.1) is 6.92 Å². The number of carbonyl (C=O) groups is 2. The van der Waals surface area contributed by atoms with E-state index in [2.05, 4.69) is 11.4 Å². The number of aryl methyl sites for hydroxylation is 1. The number of nitrogens with zero attached hydrogens (tertiary/aromatic N) is 1. The molecule has 1 aliphatic carbocycles. The molecular weight excluding hydrogens is 388 g/mol. The van der Waals surface area contributed by atoms with E-state index in [1.54, 1.807) is 0 Å². The van der Waals surface area contributed by atoms with Gasteiger partial charge in [-0.25, -0.2) is 0 Å². The van der Waals surface area contributed by atoms with Gasteiger partial charge in [0.2, 0.25) is 5.91 Å². The molecule has 2 aromatic rings. The number of likely N-dealkylation sites (tertiary alicyclic amines) is 1. The number of nitrogens with one attached hydrogen (secondary N) is 1. The molecule has 1 spiro atoms. The van der Waals surface area contributed by atoms with Crippen LogP contribution in [-0.4, -0.2) is 41.4 Å². The Bertz CT molecular complexity index is 990. The Kier molecular flexibility index (Phi) is 5.20. The maximum atomic E-state index is 13.0. The number of ether oxygens (including phenoxy) is 1. The molecule has 2 amide bonds. The van der Waals surface area contributed by atoms with E-state index in [-0.39, 0.29) is 23.3 Å². The first kappa shape index (κ1) is 20.1. The summed E-state index contributed by atoms with van der Waals surface area (Å²) in [5, 5.41) is 3.14. The van der Waals surface area contributed by atoms with Crippen molar-refractivity contribution >= 4 is 11.8 Å². The van der Waals surface area contributed by atoms with Crippen LogP contribution in [-0.2, 0) is 4.79 Å². The van der Waals surface area contributed by atoms with E-state index in [1.807, 2.05) is 54.3 Å². The lowest BCUT2D eigenvalue weighted by Crippen LogP contribution is -2.52. The molecule has 1 atom stereocenters. The van der Waals surface area contributed by atoms with Crippen molar-refractivity contribution in [1.82, 2.24) is 10.2 Å². The van der Waals surface area contributed by atoms with Crippen molar-refractivity contribution in [3.8, 4) is 5.75 Å². The van der Waals surface area contributed by atoms with E-state index >= 15 is 0 Å². The molecular formula is C26H30N2O3. The van der Waals surface area contributed by atoms with Crippen LogP contribution in [0.2, 0.25) is 0 Å². The number of hydrogen-bond donors (Lipinski definition) is 1. The zero-order valence-electron chi connectivity index (χ0n) is 18.1. The van der Waals surface area contributed by atoms with Gasteiger partial charge in [-0.05, 0) is 49.9 Å². The van der Waals surface area contributed by atoms with Gasteiger partial charge in [-0.3, -0.25) is 9.59 Å². The van der Waals surface area contributed by atoms with Gasteiger partial charge in [0.05, 0.1) is 0 Å². The number of para-hydroxylation sites is 1. The molecule has 2 aliphatic heterocycles. The molecule has 31 heavy (non-hydrogen) atoms. The fourth-order valence-electron chi connectivity index (χ4n) is 5.05. The maximum absolute atomic E-state index is 13.0. The van der Waals surface area contributed by atoms with Crippen molar-refractivity contribution in [2.45, 2.75) is 63.0 Å². The third kappa shape index (κ3) is 4.32. The Labute approximate surface area is 183 Å². The minimum atomic E-state index is -0.303. The topological polar surface area (TPSA) is 58.6 Å². The second-order valence-electron chi connectivity index (χ2n) is 9.43. The van der Waals surface area contributed by atoms with Gasteiger partial charge in [0.1, 0.15) is 11.4 Å². The van der Waals surface area contributed by atoms with E-state index in [9.17, 15) is 9.59 Å². The van der Waals surface area contributed by atoms with Crippen molar-refractivity contribution in [2.24, 2.45) is 0 Å². The number of hydrogen-bond acceptors (Lipinski definition) is 3. The van der Waals surface area contributed by atoms with Crippen molar-refractivity contribution in [3.63, 3.8) is 0 Å². The lowest BCUT2D eigenvalue weighted by atomic mass is 9.76. The molecule has 0 aromatic heterocycles. The number of fused-ring (bicyclic) bond motifs is 1. The third-order valence-corrected chi connectivity index (χ3v) is 6.90. The van der Waals surface area contributed by atoms with Gasteiger partial charge in [-0.15, -0.1) is 0 Å². The standard InChI is InChI=1S/C26H30N2O3/c1-18-5-4-6-19(15-18)25(30)28-13-11-26(12-14-28)17-20(16-24(29)27-21-9-10-21)22-7-2-3-8-23(22)31-26/h2-8,15,20-21H,9-14,16-17H2,1H3,(H,27,29)/t20-/m0/s1. The highest BCUT2D eigenvalue weighted by Gasteiger charge is 2.44. The first-order chi connectivity index (χ1) is 15.0. The highest BCUT2D eigenvalue weighted by Crippen LogP contribution is 2.46. The van der Waals surface area contributed by atoms with Crippen LogP contribution in [0.5, 0.6) is 5.75 Å². The summed E-state index contributed by atoms with van der Waals surface area (Å²) in [6.45, 7) is 3.36. The Balaban J connectivity index is 1.30. The van der Waals surface area contributed by atoms with Crippen molar-refractivity contribution in [3.05, 3.63) is 65.2 Å². The van der Waals surface area contributed by atoms with Gasteiger partial charge in [0.25, 0.3) is 5.91 Å². The van der Waals surface area contributed by atoms with Crippen LogP contribution >= 0.6 is 0 Å². The van der Waals surface area contributed by atoms with E-state index in [4.69, 9.17) is 4.74 Å². The monoisotopic (exact) mass is 418 g/mol. The summed E-state index contributed by atoms with van der Waals surface area (Å²) < 4.78 is 6.55. The molecule has 5 heteroatoms. The summed E-state index contributed by atoms with van der Waals surface area (Å²) in [5.41, 5.74) is 2.68. The molecule has 162 valence electrons. The molecule has 3 aliphatic rings. The number of amides is 2. The summed E-state index contributed by atoms with van der Waals surface area (Å²) in [6, 6.07) is 16.3. The first-order valence-corrected chi connectivity index (χ1v) is 11.4. The van der Waals surface area contributed by atoms with Crippen molar-refractivity contribution in [2.75, 3.05) is 13.1 Å². The van der Waals surface area contributed by atoms with Crippen LogP contribution in [0.25, 0.3) is 0 Å². The predicted octanol–water partition coefficient (Wildman–Crippen LogP) is 4.20. The second kappa shape index (κ2) is 8.03. The van der Waals surface area contributed by atoms with Crippen LogP contribution in [0.4, 0.5) is 0 Å². The molecule has 2 heterocycles. The quantitative estimate of drug-likeness (QED) is 0.809. The summed E-state index contributed by atoms with van der Waals surface area (Å²) >= 11 is 0.